The van der Waals surface area contributed by atoms with Crippen LogP contribution in [-0.2, 0) is 4.79 Å². The van der Waals surface area contributed by atoms with Gasteiger partial charge >= 0.3 is 0 Å². The molecule has 1 aliphatic rings. The summed E-state index contributed by atoms with van der Waals surface area (Å²) in [5, 5.41) is 4.08. The summed E-state index contributed by atoms with van der Waals surface area (Å²) in [6, 6.07) is 13.3. The number of rotatable bonds is 5. The molecular weight excluding hydrogens is 358 g/mol. The van der Waals surface area contributed by atoms with Gasteiger partial charge < -0.3 is 18.9 Å². The van der Waals surface area contributed by atoms with Crippen LogP contribution in [0.3, 0.4) is 0 Å². The Morgan fingerprint density at radius 2 is 1.82 bits per heavy atom. The number of hydrogen-bond donors (Lipinski definition) is 0. The lowest BCUT2D eigenvalue weighted by molar-refractivity contribution is -0.117. The highest BCUT2D eigenvalue weighted by atomic mass is 16.5. The van der Waals surface area contributed by atoms with Crippen molar-refractivity contribution in [3.63, 3.8) is 0 Å². The van der Waals surface area contributed by atoms with Crippen LogP contribution in [-0.4, -0.2) is 36.8 Å². The van der Waals surface area contributed by atoms with Crippen molar-refractivity contribution in [2.24, 2.45) is 0 Å². The topological polar surface area (TPSA) is 77.7 Å². The molecule has 0 unspecified atom stereocenters. The summed E-state index contributed by atoms with van der Waals surface area (Å²) in [4.78, 5) is 18.8. The summed E-state index contributed by atoms with van der Waals surface area (Å²) in [5.41, 5.74) is 2.80. The van der Waals surface area contributed by atoms with Gasteiger partial charge in [0.05, 0.1) is 20.1 Å². The lowest BCUT2D eigenvalue weighted by Crippen LogP contribution is -2.24. The standard InChI is InChI=1S/C21H21N3O4/c1-13-4-7-16(8-5-13)24-12-15(11-19(24)25)21-22-20(23-28-21)14-6-9-17(26-2)18(10-14)27-3/h4-10,15H,11-12H2,1-3H3/t15-/m1/s1. The van der Waals surface area contributed by atoms with Crippen molar-refractivity contribution in [3.05, 3.63) is 53.9 Å². The SMILES string of the molecule is COc1ccc(-c2noc([C@@H]3CC(=O)N(c4ccc(C)cc4)C3)n2)cc1OC. The quantitative estimate of drug-likeness (QED) is 0.674. The van der Waals surface area contributed by atoms with Gasteiger partial charge in [-0.25, -0.2) is 0 Å². The third kappa shape index (κ3) is 3.31. The van der Waals surface area contributed by atoms with Crippen molar-refractivity contribution in [1.29, 1.82) is 0 Å². The Hall–Kier alpha value is -3.35. The molecule has 0 spiro atoms. The number of methoxy groups -OCH3 is 2. The Labute approximate surface area is 162 Å². The van der Waals surface area contributed by atoms with Crippen LogP contribution in [0.4, 0.5) is 5.69 Å². The average molecular weight is 379 g/mol. The van der Waals surface area contributed by atoms with E-state index in [9.17, 15) is 4.79 Å². The number of carbonyl (C=O) groups is 1. The third-order valence-corrected chi connectivity index (χ3v) is 4.90. The maximum Gasteiger partial charge on any atom is 0.232 e. The highest BCUT2D eigenvalue weighted by Crippen LogP contribution is 2.34. The van der Waals surface area contributed by atoms with Gasteiger partial charge in [-0.05, 0) is 37.3 Å². The van der Waals surface area contributed by atoms with Crippen molar-refractivity contribution in [2.45, 2.75) is 19.3 Å². The van der Waals surface area contributed by atoms with Gasteiger partial charge in [0.15, 0.2) is 11.5 Å². The number of hydrogen-bond acceptors (Lipinski definition) is 6. The van der Waals surface area contributed by atoms with E-state index in [1.807, 2.05) is 37.3 Å². The molecule has 2 aromatic carbocycles. The maximum absolute atomic E-state index is 12.5. The first-order valence-electron chi connectivity index (χ1n) is 9.02. The van der Waals surface area contributed by atoms with Crippen molar-refractivity contribution < 1.29 is 18.8 Å². The van der Waals surface area contributed by atoms with E-state index >= 15 is 0 Å². The van der Waals surface area contributed by atoms with Crippen LogP contribution in [0.2, 0.25) is 0 Å². The van der Waals surface area contributed by atoms with E-state index in [1.54, 1.807) is 31.3 Å². The number of aryl methyl sites for hydroxylation is 1. The number of nitrogens with zero attached hydrogens (tertiary/aromatic N) is 3. The van der Waals surface area contributed by atoms with Gasteiger partial charge in [-0.1, -0.05) is 22.9 Å². The molecule has 4 rings (SSSR count). The van der Waals surface area contributed by atoms with Crippen LogP contribution in [0.15, 0.2) is 47.0 Å². The van der Waals surface area contributed by atoms with Crippen LogP contribution < -0.4 is 14.4 Å². The van der Waals surface area contributed by atoms with E-state index in [1.165, 1.54) is 0 Å². The summed E-state index contributed by atoms with van der Waals surface area (Å²) >= 11 is 0. The lowest BCUT2D eigenvalue weighted by atomic mass is 10.1. The summed E-state index contributed by atoms with van der Waals surface area (Å²) in [6.07, 6.45) is 0.349. The van der Waals surface area contributed by atoms with Crippen molar-refractivity contribution in [1.82, 2.24) is 10.1 Å². The van der Waals surface area contributed by atoms with Crippen LogP contribution in [0.1, 0.15) is 23.8 Å². The Kier molecular flexibility index (Phi) is 4.73. The van der Waals surface area contributed by atoms with Gasteiger partial charge in [0, 0.05) is 24.2 Å². The van der Waals surface area contributed by atoms with Gasteiger partial charge in [-0.15, -0.1) is 0 Å². The second kappa shape index (κ2) is 7.34. The van der Waals surface area contributed by atoms with Gasteiger partial charge in [0.2, 0.25) is 17.6 Å². The number of benzene rings is 2. The fourth-order valence-electron chi connectivity index (χ4n) is 3.34. The molecular formula is C21H21N3O4. The Morgan fingerprint density at radius 1 is 1.07 bits per heavy atom. The van der Waals surface area contributed by atoms with Gasteiger partial charge in [-0.2, -0.15) is 4.98 Å². The average Bonchev–Trinajstić information content (AvgIpc) is 3.35. The molecule has 7 heteroatoms. The minimum absolute atomic E-state index is 0.0553. The number of anilines is 1. The zero-order chi connectivity index (χ0) is 19.7. The van der Waals surface area contributed by atoms with Crippen molar-refractivity contribution in [2.75, 3.05) is 25.7 Å². The Morgan fingerprint density at radius 3 is 2.54 bits per heavy atom. The Balaban J connectivity index is 1.55. The van der Waals surface area contributed by atoms with Crippen LogP contribution in [0, 0.1) is 6.92 Å². The summed E-state index contributed by atoms with van der Waals surface area (Å²) in [6.45, 7) is 2.54. The summed E-state index contributed by atoms with van der Waals surface area (Å²) in [7, 11) is 3.16. The molecule has 0 saturated carbocycles. The first-order chi connectivity index (χ1) is 13.6. The second-order valence-electron chi connectivity index (χ2n) is 6.77. The van der Waals surface area contributed by atoms with Gasteiger partial charge in [0.1, 0.15) is 0 Å². The minimum atomic E-state index is -0.129. The second-order valence-corrected chi connectivity index (χ2v) is 6.77. The molecule has 3 aromatic rings. The third-order valence-electron chi connectivity index (χ3n) is 4.90. The van der Waals surface area contributed by atoms with Crippen molar-refractivity contribution >= 4 is 11.6 Å². The van der Waals surface area contributed by atoms with E-state index in [2.05, 4.69) is 10.1 Å². The first-order valence-corrected chi connectivity index (χ1v) is 9.02. The van der Waals surface area contributed by atoms with Crippen molar-refractivity contribution in [3.8, 4) is 22.9 Å². The number of carbonyl (C=O) groups excluding carboxylic acids is 1. The molecule has 0 bridgehead atoms. The van der Waals surface area contributed by atoms with Crippen LogP contribution in [0.5, 0.6) is 11.5 Å². The molecule has 7 nitrogen and oxygen atoms in total. The fourth-order valence-corrected chi connectivity index (χ4v) is 3.34. The van der Waals surface area contributed by atoms with Crippen LogP contribution in [0.25, 0.3) is 11.4 Å². The number of ether oxygens (including phenoxy) is 2. The molecule has 0 N–H and O–H groups in total. The van der Waals surface area contributed by atoms with E-state index in [0.717, 1.165) is 16.8 Å². The maximum atomic E-state index is 12.5. The monoisotopic (exact) mass is 379 g/mol. The molecule has 1 aliphatic heterocycles. The van der Waals surface area contributed by atoms with Crippen LogP contribution >= 0.6 is 0 Å². The molecule has 144 valence electrons. The lowest BCUT2D eigenvalue weighted by Gasteiger charge is -2.16. The van der Waals surface area contributed by atoms with E-state index in [0.29, 0.717) is 36.2 Å². The molecule has 2 heterocycles. The smallest absolute Gasteiger partial charge is 0.232 e. The predicted octanol–water partition coefficient (Wildman–Crippen LogP) is 3.58. The fraction of sp³-hybridized carbons (Fsp3) is 0.286. The predicted molar refractivity (Wildman–Crippen MR) is 104 cm³/mol. The molecule has 0 aliphatic carbocycles. The largest absolute Gasteiger partial charge is 0.493 e. The zero-order valence-electron chi connectivity index (χ0n) is 16.0. The normalized spacial score (nSPS) is 16.5. The molecule has 0 radical (unpaired) electrons. The molecule has 1 aromatic heterocycles. The first kappa shape index (κ1) is 18.0. The molecule has 1 amide bonds. The van der Waals surface area contributed by atoms with Gasteiger partial charge in [0.25, 0.3) is 0 Å². The van der Waals surface area contributed by atoms with Gasteiger partial charge in [-0.3, -0.25) is 4.79 Å². The molecule has 1 saturated heterocycles. The molecule has 28 heavy (non-hydrogen) atoms. The molecule has 1 atom stereocenters. The highest BCUT2D eigenvalue weighted by molar-refractivity contribution is 5.96. The zero-order valence-corrected chi connectivity index (χ0v) is 16.0. The van der Waals surface area contributed by atoms with E-state index < -0.39 is 0 Å². The summed E-state index contributed by atoms with van der Waals surface area (Å²) < 4.78 is 16.1. The summed E-state index contributed by atoms with van der Waals surface area (Å²) in [5.74, 6) is 2.07. The Bertz CT molecular complexity index is 997. The minimum Gasteiger partial charge on any atom is -0.493 e. The highest BCUT2D eigenvalue weighted by Gasteiger charge is 2.35. The van der Waals surface area contributed by atoms with E-state index in [-0.39, 0.29) is 11.8 Å². The number of aromatic nitrogens is 2. The molecule has 1 fully saturated rings. The number of amides is 1. The van der Waals surface area contributed by atoms with E-state index in [4.69, 9.17) is 14.0 Å².